The van der Waals surface area contributed by atoms with Gasteiger partial charge in [-0.05, 0) is 19.3 Å². The normalized spacial score (nSPS) is 36.1. The highest BCUT2D eigenvalue weighted by Crippen LogP contribution is 2.29. The smallest absolute Gasteiger partial charge is 0.240 e. The Labute approximate surface area is 90.6 Å². The van der Waals surface area contributed by atoms with Gasteiger partial charge >= 0.3 is 0 Å². The summed E-state index contributed by atoms with van der Waals surface area (Å²) in [5.41, 5.74) is 0. The van der Waals surface area contributed by atoms with Crippen molar-refractivity contribution in [1.82, 2.24) is 10.2 Å². The van der Waals surface area contributed by atoms with Gasteiger partial charge in [-0.1, -0.05) is 13.8 Å². The van der Waals surface area contributed by atoms with Crippen LogP contribution in [0.15, 0.2) is 0 Å². The second-order valence-corrected chi connectivity index (χ2v) is 4.97. The summed E-state index contributed by atoms with van der Waals surface area (Å²) >= 11 is 0. The van der Waals surface area contributed by atoms with Crippen LogP contribution < -0.4 is 5.32 Å². The van der Waals surface area contributed by atoms with Crippen LogP contribution in [-0.4, -0.2) is 46.7 Å². The van der Waals surface area contributed by atoms with Crippen LogP contribution in [0.25, 0.3) is 0 Å². The van der Waals surface area contributed by atoms with Crippen LogP contribution in [-0.2, 0) is 4.79 Å². The van der Waals surface area contributed by atoms with Gasteiger partial charge in [0.05, 0.1) is 12.1 Å². The van der Waals surface area contributed by atoms with Gasteiger partial charge in [0.15, 0.2) is 0 Å². The van der Waals surface area contributed by atoms with Gasteiger partial charge in [-0.3, -0.25) is 4.79 Å². The van der Waals surface area contributed by atoms with Gasteiger partial charge in [-0.15, -0.1) is 0 Å². The average molecular weight is 212 g/mol. The molecule has 2 rings (SSSR count). The Bertz CT molecular complexity index is 249. The van der Waals surface area contributed by atoms with Crippen LogP contribution in [0.3, 0.4) is 0 Å². The Kier molecular flexibility index (Phi) is 2.98. The molecule has 1 atom stereocenters. The molecule has 1 saturated heterocycles. The second-order valence-electron chi connectivity index (χ2n) is 4.97. The number of aliphatic hydroxyl groups excluding tert-OH is 1. The predicted molar refractivity (Wildman–Crippen MR) is 57.4 cm³/mol. The van der Waals surface area contributed by atoms with Crippen molar-refractivity contribution >= 4 is 5.91 Å². The highest BCUT2D eigenvalue weighted by Gasteiger charge is 2.41. The van der Waals surface area contributed by atoms with Crippen LogP contribution in [0.5, 0.6) is 0 Å². The Morgan fingerprint density at radius 1 is 1.47 bits per heavy atom. The van der Waals surface area contributed by atoms with Gasteiger partial charge in [0.25, 0.3) is 0 Å². The molecule has 0 spiro atoms. The number of aliphatic hydroxyl groups is 1. The van der Waals surface area contributed by atoms with E-state index in [9.17, 15) is 9.90 Å². The molecule has 2 fully saturated rings. The van der Waals surface area contributed by atoms with Crippen molar-refractivity contribution in [2.45, 2.75) is 57.3 Å². The van der Waals surface area contributed by atoms with Crippen LogP contribution in [0.1, 0.15) is 33.1 Å². The summed E-state index contributed by atoms with van der Waals surface area (Å²) in [6.45, 7) is 4.96. The molecule has 86 valence electrons. The van der Waals surface area contributed by atoms with Crippen molar-refractivity contribution in [3.05, 3.63) is 0 Å². The van der Waals surface area contributed by atoms with Crippen LogP contribution in [0.4, 0.5) is 0 Å². The number of amides is 1. The van der Waals surface area contributed by atoms with E-state index in [1.165, 1.54) is 0 Å². The van der Waals surface area contributed by atoms with E-state index in [-0.39, 0.29) is 18.1 Å². The maximum Gasteiger partial charge on any atom is 0.240 e. The molecule has 0 aromatic carbocycles. The maximum atomic E-state index is 12.0. The molecule has 1 amide bonds. The van der Waals surface area contributed by atoms with E-state index in [4.69, 9.17) is 0 Å². The zero-order valence-corrected chi connectivity index (χ0v) is 9.44. The standard InChI is InChI=1S/C11H20N2O2/c1-7(2)12-10-3-4-13(11(10)15)8-5-9(14)6-8/h7-10,12,14H,3-6H2,1-2H3. The Hall–Kier alpha value is -0.610. The third kappa shape index (κ3) is 2.16. The SMILES string of the molecule is CC(C)NC1CCN(C2CC(O)C2)C1=O. The van der Waals surface area contributed by atoms with E-state index < -0.39 is 0 Å². The van der Waals surface area contributed by atoms with Gasteiger partial charge in [-0.25, -0.2) is 0 Å². The number of rotatable bonds is 3. The summed E-state index contributed by atoms with van der Waals surface area (Å²) in [5, 5.41) is 12.5. The van der Waals surface area contributed by atoms with Gasteiger partial charge < -0.3 is 15.3 Å². The number of nitrogens with zero attached hydrogens (tertiary/aromatic N) is 1. The lowest BCUT2D eigenvalue weighted by Crippen LogP contribution is -2.50. The fourth-order valence-electron chi connectivity index (χ4n) is 2.44. The molecule has 2 aliphatic rings. The molecule has 4 nitrogen and oxygen atoms in total. The zero-order valence-electron chi connectivity index (χ0n) is 9.44. The van der Waals surface area contributed by atoms with E-state index in [2.05, 4.69) is 19.2 Å². The Morgan fingerprint density at radius 3 is 2.67 bits per heavy atom. The number of likely N-dealkylation sites (tertiary alicyclic amines) is 1. The van der Waals surface area contributed by atoms with Crippen molar-refractivity contribution in [3.8, 4) is 0 Å². The summed E-state index contributed by atoms with van der Waals surface area (Å²) in [4.78, 5) is 13.9. The molecule has 1 unspecified atom stereocenters. The first-order chi connectivity index (χ1) is 7.08. The molecule has 1 heterocycles. The first-order valence-corrected chi connectivity index (χ1v) is 5.82. The highest BCUT2D eigenvalue weighted by atomic mass is 16.3. The summed E-state index contributed by atoms with van der Waals surface area (Å²) < 4.78 is 0. The lowest BCUT2D eigenvalue weighted by molar-refractivity contribution is -0.135. The van der Waals surface area contributed by atoms with Gasteiger partial charge in [0.2, 0.25) is 5.91 Å². The molecule has 1 aliphatic heterocycles. The molecule has 1 saturated carbocycles. The van der Waals surface area contributed by atoms with E-state index >= 15 is 0 Å². The zero-order chi connectivity index (χ0) is 11.0. The quantitative estimate of drug-likeness (QED) is 0.698. The van der Waals surface area contributed by atoms with E-state index in [0.717, 1.165) is 25.8 Å². The maximum absolute atomic E-state index is 12.0. The van der Waals surface area contributed by atoms with Crippen molar-refractivity contribution in [2.75, 3.05) is 6.54 Å². The van der Waals surface area contributed by atoms with Crippen LogP contribution >= 0.6 is 0 Å². The lowest BCUT2D eigenvalue weighted by Gasteiger charge is -2.38. The number of carbonyl (C=O) groups is 1. The molecule has 2 N–H and O–H groups in total. The summed E-state index contributed by atoms with van der Waals surface area (Å²) in [6.07, 6.45) is 2.25. The minimum absolute atomic E-state index is 0.00254. The molecule has 1 aliphatic carbocycles. The summed E-state index contributed by atoms with van der Waals surface area (Å²) in [7, 11) is 0. The fourth-order valence-corrected chi connectivity index (χ4v) is 2.44. The first kappa shape index (κ1) is 10.9. The van der Waals surface area contributed by atoms with Gasteiger partial charge in [0, 0.05) is 18.6 Å². The fraction of sp³-hybridized carbons (Fsp3) is 0.909. The average Bonchev–Trinajstić information content (AvgIpc) is 2.43. The van der Waals surface area contributed by atoms with E-state index in [0.29, 0.717) is 12.1 Å². The monoisotopic (exact) mass is 212 g/mol. The van der Waals surface area contributed by atoms with E-state index in [1.807, 2.05) is 4.90 Å². The van der Waals surface area contributed by atoms with Crippen LogP contribution in [0.2, 0.25) is 0 Å². The van der Waals surface area contributed by atoms with Crippen LogP contribution in [0, 0.1) is 0 Å². The number of nitrogens with one attached hydrogen (secondary N) is 1. The molecule has 15 heavy (non-hydrogen) atoms. The molecular formula is C11H20N2O2. The minimum atomic E-state index is -0.181. The van der Waals surface area contributed by atoms with Crippen molar-refractivity contribution < 1.29 is 9.90 Å². The summed E-state index contributed by atoms with van der Waals surface area (Å²) in [5.74, 6) is 0.223. The third-order valence-electron chi connectivity index (χ3n) is 3.30. The van der Waals surface area contributed by atoms with Crippen molar-refractivity contribution in [3.63, 3.8) is 0 Å². The Balaban J connectivity index is 1.87. The highest BCUT2D eigenvalue weighted by molar-refractivity contribution is 5.84. The molecular weight excluding hydrogens is 192 g/mol. The van der Waals surface area contributed by atoms with Crippen molar-refractivity contribution in [2.24, 2.45) is 0 Å². The number of hydrogen-bond acceptors (Lipinski definition) is 3. The van der Waals surface area contributed by atoms with Gasteiger partial charge in [-0.2, -0.15) is 0 Å². The third-order valence-corrected chi connectivity index (χ3v) is 3.30. The Morgan fingerprint density at radius 2 is 2.13 bits per heavy atom. The second kappa shape index (κ2) is 4.10. The topological polar surface area (TPSA) is 52.6 Å². The van der Waals surface area contributed by atoms with Gasteiger partial charge in [0.1, 0.15) is 0 Å². The number of carbonyl (C=O) groups excluding carboxylic acids is 1. The minimum Gasteiger partial charge on any atom is -0.393 e. The molecule has 0 bridgehead atoms. The van der Waals surface area contributed by atoms with E-state index in [1.54, 1.807) is 0 Å². The molecule has 4 heteroatoms. The first-order valence-electron chi connectivity index (χ1n) is 5.82. The summed E-state index contributed by atoms with van der Waals surface area (Å²) in [6, 6.07) is 0.653. The number of hydrogen-bond donors (Lipinski definition) is 2. The predicted octanol–water partition coefficient (Wildman–Crippen LogP) is 0.109. The molecule has 0 aromatic rings. The molecule has 0 radical (unpaired) electrons. The molecule has 0 aromatic heterocycles. The van der Waals surface area contributed by atoms with Crippen molar-refractivity contribution in [1.29, 1.82) is 0 Å². The lowest BCUT2D eigenvalue weighted by atomic mass is 9.88. The largest absolute Gasteiger partial charge is 0.393 e.